The predicted octanol–water partition coefficient (Wildman–Crippen LogP) is 5.11. The third-order valence-electron chi connectivity index (χ3n) is 8.24. The van der Waals surface area contributed by atoms with Gasteiger partial charge in [-0.1, -0.05) is 36.4 Å². The highest BCUT2D eigenvalue weighted by Crippen LogP contribution is 2.38. The van der Waals surface area contributed by atoms with Crippen LogP contribution in [0.4, 0.5) is 0 Å². The molecule has 1 aromatic heterocycles. The van der Waals surface area contributed by atoms with Crippen LogP contribution < -0.4 is 14.2 Å². The molecule has 0 radical (unpaired) electrons. The van der Waals surface area contributed by atoms with Crippen molar-refractivity contribution in [1.29, 1.82) is 0 Å². The van der Waals surface area contributed by atoms with Crippen molar-refractivity contribution in [2.75, 3.05) is 33.6 Å². The normalized spacial score (nSPS) is 15.5. The first-order valence-corrected chi connectivity index (χ1v) is 16.8. The van der Waals surface area contributed by atoms with Crippen molar-refractivity contribution in [1.82, 2.24) is 9.88 Å². The van der Waals surface area contributed by atoms with Crippen LogP contribution in [0.5, 0.6) is 17.2 Å². The lowest BCUT2D eigenvalue weighted by molar-refractivity contribution is -0.126. The molecule has 1 aliphatic heterocycles. The average Bonchev–Trinajstić information content (AvgIpc) is 3.50. The summed E-state index contributed by atoms with van der Waals surface area (Å²) in [5, 5.41) is -0.536. The van der Waals surface area contributed by atoms with Crippen molar-refractivity contribution in [2.45, 2.75) is 62.7 Å². The molecule has 1 fully saturated rings. The second kappa shape index (κ2) is 15.7. The van der Waals surface area contributed by atoms with Gasteiger partial charge in [0, 0.05) is 30.5 Å². The Hall–Kier alpha value is -3.92. The van der Waals surface area contributed by atoms with Gasteiger partial charge in [-0.05, 0) is 80.7 Å². The first kappa shape index (κ1) is 33.0. The molecule has 236 valence electrons. The molecule has 3 aromatic rings. The maximum absolute atomic E-state index is 13.9. The summed E-state index contributed by atoms with van der Waals surface area (Å²) in [6.45, 7) is 0.328. The maximum Gasteiger partial charge on any atom is 0.295 e. The molecule has 1 aliphatic rings. The Labute approximate surface area is 260 Å². The maximum atomic E-state index is 13.9. The minimum absolute atomic E-state index is 0.0900. The monoisotopic (exact) mass is 622 g/mol. The highest BCUT2D eigenvalue weighted by Gasteiger charge is 2.38. The molecule has 1 amide bonds. The first-order valence-electron chi connectivity index (χ1n) is 15.1. The van der Waals surface area contributed by atoms with Gasteiger partial charge in [-0.2, -0.15) is 0 Å². The minimum Gasteiger partial charge on any atom is -0.493 e. The number of Topliss-reactive ketones (excluding diaryl/α,β-unsaturated/α-hetero) is 1. The van der Waals surface area contributed by atoms with E-state index >= 15 is 0 Å². The van der Waals surface area contributed by atoms with Crippen LogP contribution in [0.1, 0.15) is 60.0 Å². The van der Waals surface area contributed by atoms with Gasteiger partial charge in [-0.3, -0.25) is 14.6 Å². The number of pyridine rings is 1. The van der Waals surface area contributed by atoms with Crippen LogP contribution in [-0.4, -0.2) is 74.9 Å². The minimum atomic E-state index is -3.58. The van der Waals surface area contributed by atoms with Crippen molar-refractivity contribution in [3.63, 3.8) is 0 Å². The quantitative estimate of drug-likeness (QED) is 0.160. The second-order valence-corrected chi connectivity index (χ2v) is 13.4. The molecule has 0 bridgehead atoms. The van der Waals surface area contributed by atoms with Gasteiger partial charge in [0.1, 0.15) is 0 Å². The van der Waals surface area contributed by atoms with Gasteiger partial charge in [-0.15, -0.1) is 0 Å². The van der Waals surface area contributed by atoms with Gasteiger partial charge >= 0.3 is 0 Å². The van der Waals surface area contributed by atoms with E-state index < -0.39 is 32.8 Å². The summed E-state index contributed by atoms with van der Waals surface area (Å²) in [6, 6.07) is 16.3. The molecule has 10 heteroatoms. The molecule has 9 nitrogen and oxygen atoms in total. The van der Waals surface area contributed by atoms with E-state index in [0.717, 1.165) is 24.8 Å². The van der Waals surface area contributed by atoms with Crippen LogP contribution in [0.2, 0.25) is 0 Å². The highest BCUT2D eigenvalue weighted by molar-refractivity contribution is 7.92. The number of methoxy groups -OCH3 is 3. The zero-order valence-corrected chi connectivity index (χ0v) is 26.6. The van der Waals surface area contributed by atoms with Gasteiger partial charge in [-0.25, -0.2) is 8.42 Å². The lowest BCUT2D eigenvalue weighted by Gasteiger charge is -2.26. The molecule has 0 spiro atoms. The largest absolute Gasteiger partial charge is 0.493 e. The van der Waals surface area contributed by atoms with Gasteiger partial charge in [0.25, 0.3) is 11.7 Å². The molecule has 2 heterocycles. The Morgan fingerprint density at radius 3 is 2.14 bits per heavy atom. The van der Waals surface area contributed by atoms with Crippen LogP contribution in [0.3, 0.4) is 0 Å². The van der Waals surface area contributed by atoms with Crippen molar-refractivity contribution < 1.29 is 32.2 Å². The molecule has 44 heavy (non-hydrogen) atoms. The van der Waals surface area contributed by atoms with Gasteiger partial charge < -0.3 is 19.1 Å². The number of ether oxygens (including phenoxy) is 3. The van der Waals surface area contributed by atoms with E-state index in [0.29, 0.717) is 44.4 Å². The second-order valence-electron chi connectivity index (χ2n) is 11.1. The van der Waals surface area contributed by atoms with Crippen LogP contribution in [-0.2, 0) is 27.5 Å². The Morgan fingerprint density at radius 2 is 1.55 bits per heavy atom. The van der Waals surface area contributed by atoms with Crippen LogP contribution in [0.25, 0.3) is 0 Å². The summed E-state index contributed by atoms with van der Waals surface area (Å²) in [7, 11) is 0.740. The number of benzene rings is 2. The number of amides is 1. The first-order chi connectivity index (χ1) is 21.3. The Kier molecular flexibility index (Phi) is 11.8. The Morgan fingerprint density at radius 1 is 0.909 bits per heavy atom. The predicted molar refractivity (Wildman–Crippen MR) is 169 cm³/mol. The number of carbonyl (C=O) groups excluding carboxylic acids is 2. The zero-order chi connectivity index (χ0) is 31.5. The number of likely N-dealkylation sites (tertiary alicyclic amines) is 1. The summed E-state index contributed by atoms with van der Waals surface area (Å²) >= 11 is 0. The topological polar surface area (TPSA) is 112 Å². The standard InChI is InChI=1S/C34H42N2O7S/c1-41-30-21-27(22-31(42-2)33(30)43-3)32(37)34(38)36-20-10-16-28(36)24-44(39,40)29(17-7-13-25-11-5-4-6-12-25)18-8-14-26-15-9-19-35-23-26/h4-6,9,11-12,15,19,21-23,28-29H,7-8,10,13-14,16-18,20,24H2,1-3H3. The fraction of sp³-hybridized carbons (Fsp3) is 0.441. The van der Waals surface area contributed by atoms with Crippen molar-refractivity contribution in [2.24, 2.45) is 0 Å². The smallest absolute Gasteiger partial charge is 0.295 e. The Bertz CT molecular complexity index is 1430. The number of hydrogen-bond donors (Lipinski definition) is 0. The van der Waals surface area contributed by atoms with E-state index in [1.54, 1.807) is 6.20 Å². The summed E-state index contributed by atoms with van der Waals surface area (Å²) < 4.78 is 43.9. The molecule has 4 rings (SSSR count). The van der Waals surface area contributed by atoms with E-state index in [2.05, 4.69) is 17.1 Å². The van der Waals surface area contributed by atoms with E-state index in [1.165, 1.54) is 43.9 Å². The fourth-order valence-corrected chi connectivity index (χ4v) is 8.12. The summed E-state index contributed by atoms with van der Waals surface area (Å²) in [5.41, 5.74) is 2.34. The summed E-state index contributed by atoms with van der Waals surface area (Å²) in [4.78, 5) is 32.5. The van der Waals surface area contributed by atoms with Crippen LogP contribution in [0, 0.1) is 0 Å². The molecular formula is C34H42N2O7S. The van der Waals surface area contributed by atoms with Gasteiger partial charge in [0.05, 0.1) is 32.3 Å². The molecular weight excluding hydrogens is 580 g/mol. The number of ketones is 1. The average molecular weight is 623 g/mol. The summed E-state index contributed by atoms with van der Waals surface area (Å²) in [5.74, 6) is -0.810. The lowest BCUT2D eigenvalue weighted by atomic mass is 10.0. The van der Waals surface area contributed by atoms with Crippen molar-refractivity contribution >= 4 is 21.5 Å². The molecule has 1 saturated heterocycles. The number of sulfone groups is 1. The number of nitrogens with zero attached hydrogens (tertiary/aromatic N) is 2. The molecule has 0 N–H and O–H groups in total. The molecule has 2 aromatic carbocycles. The van der Waals surface area contributed by atoms with E-state index in [4.69, 9.17) is 14.2 Å². The third-order valence-corrected chi connectivity index (χ3v) is 10.6. The lowest BCUT2D eigenvalue weighted by Crippen LogP contribution is -2.44. The van der Waals surface area contributed by atoms with Crippen LogP contribution >= 0.6 is 0 Å². The SMILES string of the molecule is COc1cc(C(=O)C(=O)N2CCCC2CS(=O)(=O)C(CCCc2ccccc2)CCCc2cccnc2)cc(OC)c1OC. The van der Waals surface area contributed by atoms with E-state index in [-0.39, 0.29) is 22.8 Å². The van der Waals surface area contributed by atoms with E-state index in [1.807, 2.05) is 36.5 Å². The fourth-order valence-electron chi connectivity index (χ4n) is 5.91. The van der Waals surface area contributed by atoms with E-state index in [9.17, 15) is 18.0 Å². The third kappa shape index (κ3) is 8.37. The number of aromatic nitrogens is 1. The number of carbonyl (C=O) groups is 2. The van der Waals surface area contributed by atoms with Crippen molar-refractivity contribution in [3.05, 3.63) is 83.7 Å². The van der Waals surface area contributed by atoms with Gasteiger partial charge in [0.15, 0.2) is 21.3 Å². The number of hydrogen-bond acceptors (Lipinski definition) is 8. The number of rotatable bonds is 16. The molecule has 2 unspecified atom stereocenters. The zero-order valence-electron chi connectivity index (χ0n) is 25.7. The highest BCUT2D eigenvalue weighted by atomic mass is 32.2. The van der Waals surface area contributed by atoms with Crippen molar-refractivity contribution in [3.8, 4) is 17.2 Å². The molecule has 2 atom stereocenters. The molecule has 0 aliphatic carbocycles. The summed E-state index contributed by atoms with van der Waals surface area (Å²) in [6.07, 6.45) is 8.76. The number of aryl methyl sites for hydroxylation is 2. The van der Waals surface area contributed by atoms with Gasteiger partial charge in [0.2, 0.25) is 5.75 Å². The van der Waals surface area contributed by atoms with Crippen LogP contribution in [0.15, 0.2) is 67.0 Å². The Balaban J connectivity index is 1.47. The molecule has 0 saturated carbocycles.